The van der Waals surface area contributed by atoms with E-state index in [-0.39, 0.29) is 0 Å². The number of nitrogens with one attached hydrogen (secondary N) is 1. The molecule has 0 saturated carbocycles. The molecule has 0 aliphatic rings. The lowest BCUT2D eigenvalue weighted by Gasteiger charge is -2.38. The molecule has 7 nitrogen and oxygen atoms in total. The van der Waals surface area contributed by atoms with Crippen molar-refractivity contribution in [3.05, 3.63) is 35.9 Å². The quantitative estimate of drug-likeness (QED) is 0.652. The lowest BCUT2D eigenvalue weighted by molar-refractivity contribution is -0.120. The molecular formula is C19H28N2O5. The fraction of sp³-hybridized carbons (Fsp3) is 0.526. The molecule has 0 bridgehead atoms. The Morgan fingerprint density at radius 3 is 1.85 bits per heavy atom. The third-order valence-electron chi connectivity index (χ3n) is 3.23. The van der Waals surface area contributed by atoms with Gasteiger partial charge in [-0.3, -0.25) is 0 Å². The summed E-state index contributed by atoms with van der Waals surface area (Å²) in [5.74, 6) is 0. The molecule has 0 aliphatic heterocycles. The van der Waals surface area contributed by atoms with Gasteiger partial charge in [0.15, 0.2) is 6.29 Å². The molecule has 0 radical (unpaired) electrons. The van der Waals surface area contributed by atoms with Gasteiger partial charge in [0, 0.05) is 0 Å². The number of rotatable bonds is 3. The molecule has 0 aromatic heterocycles. The molecule has 1 aromatic carbocycles. The van der Waals surface area contributed by atoms with Crippen LogP contribution >= 0.6 is 0 Å². The maximum Gasteiger partial charge on any atom is 0.430 e. The second-order valence-electron chi connectivity index (χ2n) is 8.06. The van der Waals surface area contributed by atoms with Gasteiger partial charge < -0.3 is 14.3 Å². The highest BCUT2D eigenvalue weighted by Crippen LogP contribution is 2.27. The molecule has 7 heteroatoms. The summed E-state index contributed by atoms with van der Waals surface area (Å²) in [6.45, 7) is 11.7. The number of hydrazine groups is 1. The van der Waals surface area contributed by atoms with E-state index in [1.807, 2.05) is 0 Å². The molecular weight excluding hydrogens is 336 g/mol. The third-order valence-corrected chi connectivity index (χ3v) is 3.23. The first-order valence-corrected chi connectivity index (χ1v) is 8.33. The minimum Gasteiger partial charge on any atom is -0.443 e. The first-order chi connectivity index (χ1) is 11.8. The highest BCUT2D eigenvalue weighted by Gasteiger charge is 2.41. The molecule has 1 aromatic rings. The molecule has 0 unspecified atom stereocenters. The standard InChI is InChI=1S/C19H28N2O5/c1-17(2,3)25-15(23)20-21(16(24)26-18(4,5)6)19(7,13-22)14-11-9-8-10-12-14/h8-13H,1-7H3,(H,20,23)/t19-/m0/s1. The monoisotopic (exact) mass is 364 g/mol. The van der Waals surface area contributed by atoms with E-state index in [0.29, 0.717) is 11.8 Å². The molecule has 0 aliphatic carbocycles. The van der Waals surface area contributed by atoms with Crippen molar-refractivity contribution in [1.82, 2.24) is 10.4 Å². The van der Waals surface area contributed by atoms with Gasteiger partial charge in [-0.05, 0) is 54.0 Å². The van der Waals surface area contributed by atoms with Crippen LogP contribution in [0.4, 0.5) is 9.59 Å². The second kappa shape index (κ2) is 7.76. The van der Waals surface area contributed by atoms with Crippen LogP contribution in [-0.2, 0) is 19.8 Å². The van der Waals surface area contributed by atoms with Gasteiger partial charge in [-0.25, -0.2) is 15.0 Å². The fourth-order valence-electron chi connectivity index (χ4n) is 2.08. The minimum atomic E-state index is -1.49. The molecule has 1 rings (SSSR count). The smallest absolute Gasteiger partial charge is 0.430 e. The summed E-state index contributed by atoms with van der Waals surface area (Å²) in [5, 5.41) is 0.856. The summed E-state index contributed by atoms with van der Waals surface area (Å²) in [6, 6.07) is 8.62. The van der Waals surface area contributed by atoms with Crippen LogP contribution in [-0.4, -0.2) is 34.7 Å². The topological polar surface area (TPSA) is 84.9 Å². The summed E-state index contributed by atoms with van der Waals surface area (Å²) >= 11 is 0. The molecule has 144 valence electrons. The van der Waals surface area contributed by atoms with Crippen molar-refractivity contribution < 1.29 is 23.9 Å². The number of carbonyl (C=O) groups is 3. The van der Waals surface area contributed by atoms with Crippen molar-refractivity contribution in [2.45, 2.75) is 65.2 Å². The predicted octanol–water partition coefficient (Wildman–Crippen LogP) is 3.78. The van der Waals surface area contributed by atoms with Crippen molar-refractivity contribution in [3.8, 4) is 0 Å². The lowest BCUT2D eigenvalue weighted by atomic mass is 9.93. The molecule has 26 heavy (non-hydrogen) atoms. The van der Waals surface area contributed by atoms with E-state index in [9.17, 15) is 14.4 Å². The average molecular weight is 364 g/mol. The Labute approximate surface area is 154 Å². The van der Waals surface area contributed by atoms with E-state index >= 15 is 0 Å². The maximum absolute atomic E-state index is 12.7. The first-order valence-electron chi connectivity index (χ1n) is 8.33. The van der Waals surface area contributed by atoms with Gasteiger partial charge in [0.2, 0.25) is 0 Å². The Bertz CT molecular complexity index is 646. The van der Waals surface area contributed by atoms with Crippen molar-refractivity contribution in [1.29, 1.82) is 0 Å². The maximum atomic E-state index is 12.7. The lowest BCUT2D eigenvalue weighted by Crippen LogP contribution is -2.59. The van der Waals surface area contributed by atoms with Gasteiger partial charge in [0.1, 0.15) is 16.7 Å². The zero-order valence-corrected chi connectivity index (χ0v) is 16.5. The molecule has 2 amide bonds. The third kappa shape index (κ3) is 6.06. The van der Waals surface area contributed by atoms with Gasteiger partial charge in [-0.2, -0.15) is 5.01 Å². The number of aldehydes is 1. The summed E-state index contributed by atoms with van der Waals surface area (Å²) in [6.07, 6.45) is -1.17. The van der Waals surface area contributed by atoms with Crippen molar-refractivity contribution in [3.63, 3.8) is 0 Å². The molecule has 1 atom stereocenters. The van der Waals surface area contributed by atoms with Crippen LogP contribution in [0.15, 0.2) is 30.3 Å². The van der Waals surface area contributed by atoms with Crippen LogP contribution < -0.4 is 5.43 Å². The van der Waals surface area contributed by atoms with E-state index in [1.165, 1.54) is 6.92 Å². The van der Waals surface area contributed by atoms with Crippen LogP contribution in [0.3, 0.4) is 0 Å². The van der Waals surface area contributed by atoms with E-state index in [0.717, 1.165) is 5.01 Å². The van der Waals surface area contributed by atoms with E-state index in [1.54, 1.807) is 71.9 Å². The summed E-state index contributed by atoms with van der Waals surface area (Å²) in [4.78, 5) is 36.9. The Hall–Kier alpha value is -2.57. The zero-order chi connectivity index (χ0) is 20.2. The van der Waals surface area contributed by atoms with E-state index < -0.39 is 28.9 Å². The van der Waals surface area contributed by atoms with Gasteiger partial charge in [0.25, 0.3) is 0 Å². The van der Waals surface area contributed by atoms with Crippen LogP contribution in [0, 0.1) is 0 Å². The average Bonchev–Trinajstić information content (AvgIpc) is 2.49. The van der Waals surface area contributed by atoms with Gasteiger partial charge in [0.05, 0.1) is 0 Å². The number of benzene rings is 1. The van der Waals surface area contributed by atoms with Crippen molar-refractivity contribution in [2.75, 3.05) is 0 Å². The van der Waals surface area contributed by atoms with Crippen molar-refractivity contribution in [2.24, 2.45) is 0 Å². The number of amides is 2. The van der Waals surface area contributed by atoms with Gasteiger partial charge in [-0.15, -0.1) is 0 Å². The number of carbonyl (C=O) groups excluding carboxylic acids is 3. The Morgan fingerprint density at radius 2 is 1.42 bits per heavy atom. The van der Waals surface area contributed by atoms with Gasteiger partial charge in [-0.1, -0.05) is 30.3 Å². The minimum absolute atomic E-state index is 0.511. The first kappa shape index (κ1) is 21.5. The number of ether oxygens (including phenoxy) is 2. The Kier molecular flexibility index (Phi) is 6.41. The predicted molar refractivity (Wildman–Crippen MR) is 97.3 cm³/mol. The molecule has 0 fully saturated rings. The van der Waals surface area contributed by atoms with E-state index in [2.05, 4.69) is 5.43 Å². The fourth-order valence-corrected chi connectivity index (χ4v) is 2.08. The molecule has 0 spiro atoms. The second-order valence-corrected chi connectivity index (χ2v) is 8.06. The highest BCUT2D eigenvalue weighted by molar-refractivity contribution is 5.81. The molecule has 0 heterocycles. The Balaban J connectivity index is 3.27. The largest absolute Gasteiger partial charge is 0.443 e. The summed E-state index contributed by atoms with van der Waals surface area (Å²) < 4.78 is 10.6. The van der Waals surface area contributed by atoms with Crippen LogP contribution in [0.2, 0.25) is 0 Å². The van der Waals surface area contributed by atoms with E-state index in [4.69, 9.17) is 9.47 Å². The number of hydrogen-bond donors (Lipinski definition) is 1. The zero-order valence-electron chi connectivity index (χ0n) is 16.5. The molecule has 0 saturated heterocycles. The Morgan fingerprint density at radius 1 is 0.923 bits per heavy atom. The highest BCUT2D eigenvalue weighted by atomic mass is 16.6. The van der Waals surface area contributed by atoms with Crippen LogP contribution in [0.5, 0.6) is 0 Å². The normalized spacial score (nSPS) is 14.0. The number of nitrogens with zero attached hydrogens (tertiary/aromatic N) is 1. The van der Waals surface area contributed by atoms with Gasteiger partial charge >= 0.3 is 12.2 Å². The van der Waals surface area contributed by atoms with Crippen molar-refractivity contribution >= 4 is 18.5 Å². The van der Waals surface area contributed by atoms with Crippen LogP contribution in [0.25, 0.3) is 0 Å². The SMILES string of the molecule is CC(C)(C)OC(=O)NN(C(=O)OC(C)(C)C)[C@@](C)(C=O)c1ccccc1. The molecule has 1 N–H and O–H groups in total. The summed E-state index contributed by atoms with van der Waals surface area (Å²) in [7, 11) is 0. The van der Waals surface area contributed by atoms with Crippen LogP contribution in [0.1, 0.15) is 54.0 Å². The summed E-state index contributed by atoms with van der Waals surface area (Å²) in [5.41, 5.74) is -0.206. The number of hydrogen-bond acceptors (Lipinski definition) is 5.